The molecule has 0 N–H and O–H groups in total. The maximum absolute atomic E-state index is 12.3. The van der Waals surface area contributed by atoms with Gasteiger partial charge in [0.1, 0.15) is 6.61 Å². The number of ether oxygens (including phenoxy) is 2. The van der Waals surface area contributed by atoms with Gasteiger partial charge in [-0.3, -0.25) is 4.79 Å². The second-order valence-electron chi connectivity index (χ2n) is 6.02. The highest BCUT2D eigenvalue weighted by atomic mass is 16.6. The normalized spacial score (nSPS) is 16.3. The zero-order valence-electron chi connectivity index (χ0n) is 14.2. The summed E-state index contributed by atoms with van der Waals surface area (Å²) in [6.07, 6.45) is 3.12. The van der Waals surface area contributed by atoms with Crippen LogP contribution in [0.2, 0.25) is 0 Å². The molecule has 0 aromatic heterocycles. The molecule has 1 heterocycles. The van der Waals surface area contributed by atoms with Gasteiger partial charge in [-0.05, 0) is 31.7 Å². The van der Waals surface area contributed by atoms with Crippen molar-refractivity contribution < 1.29 is 19.1 Å². The topological polar surface area (TPSA) is 55.8 Å². The summed E-state index contributed by atoms with van der Waals surface area (Å²) in [5.74, 6) is -0.192. The largest absolute Gasteiger partial charge is 0.466 e. The summed E-state index contributed by atoms with van der Waals surface area (Å²) in [6.45, 7) is 7.14. The number of likely N-dealkylation sites (tertiary alicyclic amines) is 1. The van der Waals surface area contributed by atoms with E-state index in [0.29, 0.717) is 39.0 Å². The van der Waals surface area contributed by atoms with E-state index in [4.69, 9.17) is 9.47 Å². The minimum Gasteiger partial charge on any atom is -0.466 e. The van der Waals surface area contributed by atoms with E-state index in [0.717, 1.165) is 5.56 Å². The molecule has 1 aliphatic heterocycles. The fourth-order valence-corrected chi connectivity index (χ4v) is 2.98. The molecular weight excluding hydrogens is 306 g/mol. The Morgan fingerprint density at radius 1 is 1.21 bits per heavy atom. The lowest BCUT2D eigenvalue weighted by molar-refractivity contribution is -0.158. The molecule has 1 aromatic carbocycles. The Bertz CT molecular complexity index is 562. The van der Waals surface area contributed by atoms with Gasteiger partial charge in [-0.2, -0.15) is 0 Å². The number of hydrogen-bond acceptors (Lipinski definition) is 4. The summed E-state index contributed by atoms with van der Waals surface area (Å²) in [7, 11) is 0. The van der Waals surface area contributed by atoms with Crippen LogP contribution < -0.4 is 0 Å². The Kier molecular flexibility index (Phi) is 6.41. The van der Waals surface area contributed by atoms with Crippen LogP contribution in [0.1, 0.15) is 31.7 Å². The average molecular weight is 331 g/mol. The standard InChI is InChI=1S/C19H25NO4/c1-3-10-19(17(21)23-4-2)11-13-20(14-12-19)18(22)24-15-16-8-6-5-7-9-16/h3,5-9H,1,4,10-15H2,2H3. The highest BCUT2D eigenvalue weighted by Crippen LogP contribution is 2.37. The Labute approximate surface area is 143 Å². The number of piperidine rings is 1. The van der Waals surface area contributed by atoms with Crippen molar-refractivity contribution in [1.82, 2.24) is 4.90 Å². The van der Waals surface area contributed by atoms with Crippen LogP contribution in [-0.4, -0.2) is 36.7 Å². The Morgan fingerprint density at radius 3 is 2.46 bits per heavy atom. The second kappa shape index (κ2) is 8.52. The van der Waals surface area contributed by atoms with Crippen LogP contribution in [0.5, 0.6) is 0 Å². The molecule has 5 nitrogen and oxygen atoms in total. The number of rotatable bonds is 6. The van der Waals surface area contributed by atoms with E-state index in [1.165, 1.54) is 0 Å². The Hall–Kier alpha value is -2.30. The van der Waals surface area contributed by atoms with E-state index >= 15 is 0 Å². The first-order valence-corrected chi connectivity index (χ1v) is 8.35. The predicted molar refractivity (Wildman–Crippen MR) is 91.3 cm³/mol. The van der Waals surface area contributed by atoms with Crippen molar-refractivity contribution in [2.24, 2.45) is 5.41 Å². The van der Waals surface area contributed by atoms with Crippen LogP contribution >= 0.6 is 0 Å². The zero-order valence-corrected chi connectivity index (χ0v) is 14.2. The first kappa shape index (κ1) is 18.0. The van der Waals surface area contributed by atoms with Crippen molar-refractivity contribution in [3.63, 3.8) is 0 Å². The summed E-state index contributed by atoms with van der Waals surface area (Å²) < 4.78 is 10.6. The van der Waals surface area contributed by atoms with Gasteiger partial charge in [0.05, 0.1) is 12.0 Å². The van der Waals surface area contributed by atoms with Crippen LogP contribution in [0.25, 0.3) is 0 Å². The number of nitrogens with zero attached hydrogens (tertiary/aromatic N) is 1. The quantitative estimate of drug-likeness (QED) is 0.591. The molecule has 0 radical (unpaired) electrons. The van der Waals surface area contributed by atoms with Gasteiger partial charge in [-0.15, -0.1) is 6.58 Å². The van der Waals surface area contributed by atoms with Crippen molar-refractivity contribution in [3.05, 3.63) is 48.6 Å². The van der Waals surface area contributed by atoms with Crippen molar-refractivity contribution >= 4 is 12.1 Å². The maximum atomic E-state index is 12.3. The third-order valence-electron chi connectivity index (χ3n) is 4.43. The predicted octanol–water partition coefficient (Wildman–Crippen LogP) is 3.54. The zero-order chi connectivity index (χ0) is 17.4. The molecule has 0 bridgehead atoms. The number of allylic oxidation sites excluding steroid dienone is 1. The summed E-state index contributed by atoms with van der Waals surface area (Å²) in [6, 6.07) is 9.57. The molecule has 0 atom stereocenters. The third-order valence-corrected chi connectivity index (χ3v) is 4.43. The number of carbonyl (C=O) groups excluding carboxylic acids is 2. The van der Waals surface area contributed by atoms with Crippen LogP contribution in [0.3, 0.4) is 0 Å². The second-order valence-corrected chi connectivity index (χ2v) is 6.02. The molecule has 1 aromatic rings. The van der Waals surface area contributed by atoms with Gasteiger partial charge in [0.2, 0.25) is 0 Å². The van der Waals surface area contributed by atoms with Crippen molar-refractivity contribution in [2.45, 2.75) is 32.8 Å². The lowest BCUT2D eigenvalue weighted by Crippen LogP contribution is -2.47. The summed E-state index contributed by atoms with van der Waals surface area (Å²) in [5, 5.41) is 0. The van der Waals surface area contributed by atoms with Gasteiger partial charge in [0, 0.05) is 13.1 Å². The van der Waals surface area contributed by atoms with Crippen LogP contribution in [0.15, 0.2) is 43.0 Å². The monoisotopic (exact) mass is 331 g/mol. The smallest absolute Gasteiger partial charge is 0.410 e. The first-order valence-electron chi connectivity index (χ1n) is 8.35. The summed E-state index contributed by atoms with van der Waals surface area (Å²) in [4.78, 5) is 26.2. The van der Waals surface area contributed by atoms with E-state index in [2.05, 4.69) is 6.58 Å². The number of benzene rings is 1. The van der Waals surface area contributed by atoms with Crippen molar-refractivity contribution in [2.75, 3.05) is 19.7 Å². The highest BCUT2D eigenvalue weighted by Gasteiger charge is 2.42. The molecule has 24 heavy (non-hydrogen) atoms. The molecule has 0 spiro atoms. The fourth-order valence-electron chi connectivity index (χ4n) is 2.98. The molecule has 5 heteroatoms. The van der Waals surface area contributed by atoms with E-state index in [1.807, 2.05) is 30.3 Å². The molecule has 0 unspecified atom stereocenters. The van der Waals surface area contributed by atoms with Gasteiger partial charge < -0.3 is 14.4 Å². The van der Waals surface area contributed by atoms with Gasteiger partial charge in [-0.25, -0.2) is 4.79 Å². The third kappa shape index (κ3) is 4.37. The highest BCUT2D eigenvalue weighted by molar-refractivity contribution is 5.78. The molecule has 1 aliphatic rings. The minimum absolute atomic E-state index is 0.192. The molecule has 2 rings (SSSR count). The number of hydrogen-bond donors (Lipinski definition) is 0. The molecule has 1 saturated heterocycles. The van der Waals surface area contributed by atoms with E-state index < -0.39 is 5.41 Å². The van der Waals surface area contributed by atoms with Gasteiger partial charge >= 0.3 is 12.1 Å². The summed E-state index contributed by atoms with van der Waals surface area (Å²) in [5.41, 5.74) is 0.393. The molecule has 0 aliphatic carbocycles. The first-order chi connectivity index (χ1) is 11.6. The molecular formula is C19H25NO4. The molecule has 130 valence electrons. The molecule has 1 fully saturated rings. The summed E-state index contributed by atoms with van der Waals surface area (Å²) >= 11 is 0. The van der Waals surface area contributed by atoms with Gasteiger partial charge in [0.15, 0.2) is 0 Å². The minimum atomic E-state index is -0.562. The molecule has 0 saturated carbocycles. The Morgan fingerprint density at radius 2 is 1.88 bits per heavy atom. The van der Waals surface area contributed by atoms with Crippen LogP contribution in [0.4, 0.5) is 4.79 Å². The number of carbonyl (C=O) groups is 2. The molecule has 1 amide bonds. The van der Waals surface area contributed by atoms with Crippen LogP contribution in [0, 0.1) is 5.41 Å². The Balaban J connectivity index is 1.89. The number of esters is 1. The lowest BCUT2D eigenvalue weighted by atomic mass is 9.75. The van der Waals surface area contributed by atoms with Gasteiger partial charge in [0.25, 0.3) is 0 Å². The van der Waals surface area contributed by atoms with E-state index in [9.17, 15) is 9.59 Å². The number of amides is 1. The van der Waals surface area contributed by atoms with Crippen LogP contribution in [-0.2, 0) is 20.9 Å². The fraction of sp³-hybridized carbons (Fsp3) is 0.474. The lowest BCUT2D eigenvalue weighted by Gasteiger charge is -2.38. The average Bonchev–Trinajstić information content (AvgIpc) is 2.61. The van der Waals surface area contributed by atoms with E-state index in [-0.39, 0.29) is 18.7 Å². The van der Waals surface area contributed by atoms with Crippen molar-refractivity contribution in [1.29, 1.82) is 0 Å². The van der Waals surface area contributed by atoms with E-state index in [1.54, 1.807) is 17.9 Å². The SMILES string of the molecule is C=CCC1(C(=O)OCC)CCN(C(=O)OCc2ccccc2)CC1. The van der Waals surface area contributed by atoms with Crippen molar-refractivity contribution in [3.8, 4) is 0 Å². The van der Waals surface area contributed by atoms with Gasteiger partial charge in [-0.1, -0.05) is 36.4 Å². The maximum Gasteiger partial charge on any atom is 0.410 e.